The molecule has 0 aliphatic carbocycles. The molecule has 0 saturated heterocycles. The predicted molar refractivity (Wildman–Crippen MR) is 122 cm³/mol. The second-order valence-electron chi connectivity index (χ2n) is 8.31. The summed E-state index contributed by atoms with van der Waals surface area (Å²) < 4.78 is 4.59. The largest absolute Gasteiger partial charge is 0.337 e. The molecule has 0 bridgehead atoms. The molecule has 0 spiro atoms. The first-order chi connectivity index (χ1) is 14.9. The van der Waals surface area contributed by atoms with Gasteiger partial charge in [0.1, 0.15) is 0 Å². The molecule has 0 atom stereocenters. The van der Waals surface area contributed by atoms with Gasteiger partial charge >= 0.3 is 5.69 Å². The molecule has 2 aromatic carbocycles. The van der Waals surface area contributed by atoms with Crippen LogP contribution in [0.1, 0.15) is 22.3 Å². The van der Waals surface area contributed by atoms with Crippen molar-refractivity contribution in [3.05, 3.63) is 91.6 Å². The standard InChI is InChI=1S/C24H25N5O2/c1-16-7-6-8-17(13-16)14-29-20-21(26(2)24(31)27(3)22(20)30)25-23(29)28-12-11-18-9-4-5-10-19(18)15-28/h4-10,13H,11-12,14-15H2,1-3H3. The summed E-state index contributed by atoms with van der Waals surface area (Å²) in [7, 11) is 3.19. The maximum atomic E-state index is 13.1. The molecule has 7 nitrogen and oxygen atoms in total. The molecule has 4 aromatic rings. The van der Waals surface area contributed by atoms with Crippen LogP contribution in [0.25, 0.3) is 11.2 Å². The second kappa shape index (κ2) is 7.27. The Morgan fingerprint density at radius 1 is 0.968 bits per heavy atom. The molecule has 0 saturated carbocycles. The third-order valence-corrected chi connectivity index (χ3v) is 6.16. The Kier molecular flexibility index (Phi) is 4.54. The van der Waals surface area contributed by atoms with Crippen LogP contribution in [0.2, 0.25) is 0 Å². The van der Waals surface area contributed by atoms with Gasteiger partial charge in [0.05, 0.1) is 6.54 Å². The predicted octanol–water partition coefficient (Wildman–Crippen LogP) is 2.35. The molecule has 158 valence electrons. The lowest BCUT2D eigenvalue weighted by Gasteiger charge is -2.30. The summed E-state index contributed by atoms with van der Waals surface area (Å²) in [6, 6.07) is 16.7. The Balaban J connectivity index is 1.72. The number of fused-ring (bicyclic) bond motifs is 2. The van der Waals surface area contributed by atoms with E-state index in [0.29, 0.717) is 17.7 Å². The van der Waals surface area contributed by atoms with Crippen molar-refractivity contribution in [3.63, 3.8) is 0 Å². The van der Waals surface area contributed by atoms with E-state index in [9.17, 15) is 9.59 Å². The van der Waals surface area contributed by atoms with Gasteiger partial charge in [-0.3, -0.25) is 18.5 Å². The van der Waals surface area contributed by atoms with Crippen molar-refractivity contribution in [1.29, 1.82) is 0 Å². The van der Waals surface area contributed by atoms with E-state index in [1.165, 1.54) is 22.7 Å². The lowest BCUT2D eigenvalue weighted by Crippen LogP contribution is -2.37. The van der Waals surface area contributed by atoms with E-state index in [4.69, 9.17) is 4.98 Å². The van der Waals surface area contributed by atoms with Gasteiger partial charge in [-0.25, -0.2) is 4.79 Å². The smallest absolute Gasteiger partial charge is 0.332 e. The van der Waals surface area contributed by atoms with Crippen molar-refractivity contribution in [1.82, 2.24) is 18.7 Å². The average Bonchev–Trinajstić information content (AvgIpc) is 3.15. The summed E-state index contributed by atoms with van der Waals surface area (Å²) in [5, 5.41) is 0. The normalized spacial score (nSPS) is 13.6. The number of hydrogen-bond acceptors (Lipinski definition) is 4. The summed E-state index contributed by atoms with van der Waals surface area (Å²) in [4.78, 5) is 32.7. The van der Waals surface area contributed by atoms with Gasteiger partial charge in [0.25, 0.3) is 5.56 Å². The number of aryl methyl sites for hydroxylation is 2. The monoisotopic (exact) mass is 415 g/mol. The van der Waals surface area contributed by atoms with Crippen LogP contribution in [0, 0.1) is 6.92 Å². The summed E-state index contributed by atoms with van der Waals surface area (Å²) in [5.41, 5.74) is 5.07. The Bertz CT molecular complexity index is 1430. The van der Waals surface area contributed by atoms with Crippen LogP contribution in [-0.2, 0) is 33.6 Å². The van der Waals surface area contributed by atoms with Gasteiger partial charge in [0.2, 0.25) is 5.95 Å². The number of hydrogen-bond donors (Lipinski definition) is 0. The van der Waals surface area contributed by atoms with Crippen LogP contribution < -0.4 is 16.1 Å². The number of rotatable bonds is 3. The third-order valence-electron chi connectivity index (χ3n) is 6.16. The highest BCUT2D eigenvalue weighted by molar-refractivity contribution is 5.75. The molecule has 0 fully saturated rings. The first kappa shape index (κ1) is 19.4. The van der Waals surface area contributed by atoms with Crippen molar-refractivity contribution >= 4 is 17.1 Å². The molecular weight excluding hydrogens is 390 g/mol. The Labute approximate surface area is 179 Å². The van der Waals surface area contributed by atoms with Gasteiger partial charge < -0.3 is 4.90 Å². The van der Waals surface area contributed by atoms with E-state index in [-0.39, 0.29) is 11.2 Å². The van der Waals surface area contributed by atoms with Crippen LogP contribution in [0.15, 0.2) is 58.1 Å². The minimum Gasteiger partial charge on any atom is -0.337 e. The Morgan fingerprint density at radius 2 is 1.74 bits per heavy atom. The third kappa shape index (κ3) is 3.17. The van der Waals surface area contributed by atoms with Crippen LogP contribution >= 0.6 is 0 Å². The highest BCUT2D eigenvalue weighted by Gasteiger charge is 2.25. The van der Waals surface area contributed by atoms with E-state index >= 15 is 0 Å². The zero-order valence-electron chi connectivity index (χ0n) is 18.0. The number of benzene rings is 2. The van der Waals surface area contributed by atoms with Gasteiger partial charge in [0, 0.05) is 27.2 Å². The molecule has 0 radical (unpaired) electrons. The maximum absolute atomic E-state index is 13.1. The molecule has 31 heavy (non-hydrogen) atoms. The lowest BCUT2D eigenvalue weighted by atomic mass is 10.0. The molecule has 1 aliphatic rings. The molecule has 2 aromatic heterocycles. The van der Waals surface area contributed by atoms with Gasteiger partial charge in [-0.1, -0.05) is 54.1 Å². The molecular formula is C24H25N5O2. The number of nitrogens with zero attached hydrogens (tertiary/aromatic N) is 5. The zero-order valence-corrected chi connectivity index (χ0v) is 18.0. The SMILES string of the molecule is Cc1cccc(Cn2c(N3CCc4ccccc4C3)nc3c2c(=O)n(C)c(=O)n3C)c1. The minimum absolute atomic E-state index is 0.318. The lowest BCUT2D eigenvalue weighted by molar-refractivity contribution is 0.674. The van der Waals surface area contributed by atoms with E-state index in [1.54, 1.807) is 7.05 Å². The summed E-state index contributed by atoms with van der Waals surface area (Å²) in [6.07, 6.45) is 0.917. The quantitative estimate of drug-likeness (QED) is 0.515. The number of aromatic nitrogens is 4. The van der Waals surface area contributed by atoms with Gasteiger partial charge in [-0.2, -0.15) is 4.98 Å². The highest BCUT2D eigenvalue weighted by atomic mass is 16.2. The first-order valence-corrected chi connectivity index (χ1v) is 10.5. The van der Waals surface area contributed by atoms with Crippen LogP contribution in [0.4, 0.5) is 5.95 Å². The molecule has 5 rings (SSSR count). The maximum Gasteiger partial charge on any atom is 0.332 e. The van der Waals surface area contributed by atoms with Gasteiger partial charge in [-0.05, 0) is 30.0 Å². The molecule has 1 aliphatic heterocycles. The van der Waals surface area contributed by atoms with Crippen LogP contribution in [-0.4, -0.2) is 25.2 Å². The van der Waals surface area contributed by atoms with Gasteiger partial charge in [0.15, 0.2) is 11.2 Å². The molecule has 7 heteroatoms. The van der Waals surface area contributed by atoms with E-state index in [1.807, 2.05) is 10.6 Å². The summed E-state index contributed by atoms with van der Waals surface area (Å²) >= 11 is 0. The van der Waals surface area contributed by atoms with E-state index in [0.717, 1.165) is 41.2 Å². The molecule has 3 heterocycles. The summed E-state index contributed by atoms with van der Waals surface area (Å²) in [6.45, 7) is 4.10. The highest BCUT2D eigenvalue weighted by Crippen LogP contribution is 2.27. The van der Waals surface area contributed by atoms with Crippen molar-refractivity contribution in [2.45, 2.75) is 26.4 Å². The fourth-order valence-corrected chi connectivity index (χ4v) is 4.49. The van der Waals surface area contributed by atoms with E-state index < -0.39 is 0 Å². The van der Waals surface area contributed by atoms with Crippen molar-refractivity contribution in [2.75, 3.05) is 11.4 Å². The fraction of sp³-hybridized carbons (Fsp3) is 0.292. The van der Waals surface area contributed by atoms with Crippen LogP contribution in [0.3, 0.4) is 0 Å². The molecule has 0 N–H and O–H groups in total. The topological polar surface area (TPSA) is 65.1 Å². The number of imidazole rings is 1. The second-order valence-corrected chi connectivity index (χ2v) is 8.31. The molecule has 0 unspecified atom stereocenters. The molecule has 0 amide bonds. The fourth-order valence-electron chi connectivity index (χ4n) is 4.49. The Hall–Kier alpha value is -3.61. The summed E-state index contributed by atoms with van der Waals surface area (Å²) in [5.74, 6) is 0.726. The first-order valence-electron chi connectivity index (χ1n) is 10.5. The van der Waals surface area contributed by atoms with Crippen LogP contribution in [0.5, 0.6) is 0 Å². The van der Waals surface area contributed by atoms with Crippen molar-refractivity contribution in [2.24, 2.45) is 14.1 Å². The Morgan fingerprint density at radius 3 is 2.52 bits per heavy atom. The number of anilines is 1. The van der Waals surface area contributed by atoms with Gasteiger partial charge in [-0.15, -0.1) is 0 Å². The average molecular weight is 415 g/mol. The minimum atomic E-state index is -0.367. The van der Waals surface area contributed by atoms with Crippen molar-refractivity contribution < 1.29 is 0 Å². The van der Waals surface area contributed by atoms with Crippen molar-refractivity contribution in [3.8, 4) is 0 Å². The zero-order chi connectivity index (χ0) is 21.7. The van der Waals surface area contributed by atoms with E-state index in [2.05, 4.69) is 54.3 Å².